The predicted octanol–water partition coefficient (Wildman–Crippen LogP) is -0.913. The molecule has 0 bridgehead atoms. The Morgan fingerprint density at radius 1 is 1.41 bits per heavy atom. The van der Waals surface area contributed by atoms with Crippen molar-refractivity contribution in [1.82, 2.24) is 10.2 Å². The van der Waals surface area contributed by atoms with Crippen LogP contribution in [0.2, 0.25) is 0 Å². The first-order valence-corrected chi connectivity index (χ1v) is 5.90. The predicted molar refractivity (Wildman–Crippen MR) is 63.3 cm³/mol. The number of nitrogens with one attached hydrogen (secondary N) is 1. The Morgan fingerprint density at radius 2 is 2.00 bits per heavy atom. The van der Waals surface area contributed by atoms with Gasteiger partial charge in [0.1, 0.15) is 12.1 Å². The van der Waals surface area contributed by atoms with Gasteiger partial charge >= 0.3 is 0 Å². The van der Waals surface area contributed by atoms with E-state index in [4.69, 9.17) is 10.5 Å². The van der Waals surface area contributed by atoms with Crippen LogP contribution in [-0.2, 0) is 14.3 Å². The molecule has 0 aromatic rings. The van der Waals surface area contributed by atoms with Gasteiger partial charge in [0.05, 0.1) is 6.61 Å². The molecule has 0 radical (unpaired) electrons. The average molecular weight is 243 g/mol. The summed E-state index contributed by atoms with van der Waals surface area (Å²) in [5, 5.41) is 2.61. The quantitative estimate of drug-likeness (QED) is 0.654. The molecule has 1 aliphatic rings. The minimum absolute atomic E-state index is 0.0412. The average Bonchev–Trinajstić information content (AvgIpc) is 2.81. The smallest absolute Gasteiger partial charge is 0.244 e. The normalized spacial score (nSPS) is 18.9. The van der Waals surface area contributed by atoms with Crippen molar-refractivity contribution in [2.75, 3.05) is 26.8 Å². The molecule has 0 aromatic heterocycles. The molecule has 6 nitrogen and oxygen atoms in total. The molecule has 6 heteroatoms. The number of hydrogen-bond acceptors (Lipinski definition) is 4. The summed E-state index contributed by atoms with van der Waals surface area (Å²) in [6, 6.07) is -1.25. The minimum atomic E-state index is -0.728. The fourth-order valence-corrected chi connectivity index (χ4v) is 1.85. The van der Waals surface area contributed by atoms with Crippen LogP contribution in [0, 0.1) is 0 Å². The number of carbonyl (C=O) groups is 2. The lowest BCUT2D eigenvalue weighted by atomic mass is 10.2. The number of nitrogens with two attached hydrogens (primary N) is 1. The SMILES string of the molecule is COCC(N)C(=O)NC(C)C(=O)N1CCCC1. The standard InChI is InChI=1S/C11H21N3O3/c1-8(11(16)14-5-3-4-6-14)13-10(15)9(12)7-17-2/h8-9H,3-7,12H2,1-2H3,(H,13,15). The maximum Gasteiger partial charge on any atom is 0.244 e. The lowest BCUT2D eigenvalue weighted by Crippen LogP contribution is -2.51. The number of likely N-dealkylation sites (tertiary alicyclic amines) is 1. The van der Waals surface area contributed by atoms with Crippen molar-refractivity contribution in [2.45, 2.75) is 31.8 Å². The van der Waals surface area contributed by atoms with E-state index in [9.17, 15) is 9.59 Å². The summed E-state index contributed by atoms with van der Waals surface area (Å²) in [5.74, 6) is -0.396. The monoisotopic (exact) mass is 243 g/mol. The number of nitrogens with zero attached hydrogens (tertiary/aromatic N) is 1. The summed E-state index contributed by atoms with van der Waals surface area (Å²) in [7, 11) is 1.48. The largest absolute Gasteiger partial charge is 0.383 e. The van der Waals surface area contributed by atoms with Crippen molar-refractivity contribution in [3.8, 4) is 0 Å². The van der Waals surface area contributed by atoms with Gasteiger partial charge in [-0.25, -0.2) is 0 Å². The Kier molecular flexibility index (Phi) is 5.37. The molecule has 98 valence electrons. The van der Waals surface area contributed by atoms with Crippen LogP contribution in [-0.4, -0.2) is 55.6 Å². The number of carbonyl (C=O) groups excluding carboxylic acids is 2. The molecule has 1 rings (SSSR count). The Labute approximate surface area is 101 Å². The van der Waals surface area contributed by atoms with Crippen molar-refractivity contribution in [2.24, 2.45) is 5.73 Å². The molecule has 0 aromatic carbocycles. The van der Waals surface area contributed by atoms with E-state index < -0.39 is 12.1 Å². The third kappa shape index (κ3) is 3.98. The van der Waals surface area contributed by atoms with E-state index in [2.05, 4.69) is 5.32 Å². The summed E-state index contributed by atoms with van der Waals surface area (Å²) in [6.45, 7) is 3.39. The van der Waals surface area contributed by atoms with Crippen LogP contribution in [0.4, 0.5) is 0 Å². The molecule has 1 heterocycles. The van der Waals surface area contributed by atoms with Crippen LogP contribution in [0.5, 0.6) is 0 Å². The van der Waals surface area contributed by atoms with Crippen LogP contribution < -0.4 is 11.1 Å². The molecular weight excluding hydrogens is 222 g/mol. The molecule has 2 atom stereocenters. The van der Waals surface area contributed by atoms with Gasteiger partial charge < -0.3 is 20.7 Å². The molecule has 0 aliphatic carbocycles. The van der Waals surface area contributed by atoms with Gasteiger partial charge in [-0.3, -0.25) is 9.59 Å². The molecule has 2 unspecified atom stereocenters. The fraction of sp³-hybridized carbons (Fsp3) is 0.818. The Morgan fingerprint density at radius 3 is 2.53 bits per heavy atom. The highest BCUT2D eigenvalue weighted by molar-refractivity contribution is 5.89. The van der Waals surface area contributed by atoms with Crippen LogP contribution in [0.25, 0.3) is 0 Å². The van der Waals surface area contributed by atoms with Crippen LogP contribution in [0.1, 0.15) is 19.8 Å². The number of methoxy groups -OCH3 is 1. The second-order valence-corrected chi connectivity index (χ2v) is 4.32. The molecule has 1 fully saturated rings. The molecular formula is C11H21N3O3. The Hall–Kier alpha value is -1.14. The molecule has 17 heavy (non-hydrogen) atoms. The second kappa shape index (κ2) is 6.56. The topological polar surface area (TPSA) is 84.7 Å². The van der Waals surface area contributed by atoms with Gasteiger partial charge in [-0.05, 0) is 19.8 Å². The number of amides is 2. The van der Waals surface area contributed by atoms with Crippen molar-refractivity contribution >= 4 is 11.8 Å². The van der Waals surface area contributed by atoms with Crippen molar-refractivity contribution in [1.29, 1.82) is 0 Å². The second-order valence-electron chi connectivity index (χ2n) is 4.32. The van der Waals surface area contributed by atoms with E-state index in [0.29, 0.717) is 0 Å². The maximum absolute atomic E-state index is 11.9. The van der Waals surface area contributed by atoms with Crippen LogP contribution >= 0.6 is 0 Å². The van der Waals surface area contributed by atoms with Gasteiger partial charge in [0.25, 0.3) is 0 Å². The first-order valence-electron chi connectivity index (χ1n) is 5.90. The van der Waals surface area contributed by atoms with Gasteiger partial charge in [0.15, 0.2) is 0 Å². The highest BCUT2D eigenvalue weighted by Gasteiger charge is 2.25. The van der Waals surface area contributed by atoms with Crippen LogP contribution in [0.15, 0.2) is 0 Å². The summed E-state index contributed by atoms with van der Waals surface area (Å²) in [4.78, 5) is 25.2. The highest BCUT2D eigenvalue weighted by Crippen LogP contribution is 2.08. The highest BCUT2D eigenvalue weighted by atomic mass is 16.5. The zero-order valence-electron chi connectivity index (χ0n) is 10.4. The van der Waals surface area contributed by atoms with Crippen molar-refractivity contribution < 1.29 is 14.3 Å². The number of rotatable bonds is 5. The Balaban J connectivity index is 2.39. The number of hydrogen-bond donors (Lipinski definition) is 2. The van der Waals surface area contributed by atoms with Gasteiger partial charge in [-0.1, -0.05) is 0 Å². The zero-order chi connectivity index (χ0) is 12.8. The molecule has 2 amide bonds. The van der Waals surface area contributed by atoms with E-state index in [1.807, 2.05) is 0 Å². The third-order valence-corrected chi connectivity index (χ3v) is 2.83. The van der Waals surface area contributed by atoms with E-state index >= 15 is 0 Å². The first kappa shape index (κ1) is 13.9. The zero-order valence-corrected chi connectivity index (χ0v) is 10.4. The molecule has 0 spiro atoms. The summed E-state index contributed by atoms with van der Waals surface area (Å²) in [5.41, 5.74) is 5.57. The Bertz CT molecular complexity index is 277. The summed E-state index contributed by atoms with van der Waals surface area (Å²) >= 11 is 0. The van der Waals surface area contributed by atoms with E-state index in [0.717, 1.165) is 25.9 Å². The van der Waals surface area contributed by atoms with Crippen molar-refractivity contribution in [3.05, 3.63) is 0 Å². The molecule has 0 saturated carbocycles. The van der Waals surface area contributed by atoms with Crippen molar-refractivity contribution in [3.63, 3.8) is 0 Å². The van der Waals surface area contributed by atoms with E-state index in [1.54, 1.807) is 11.8 Å². The minimum Gasteiger partial charge on any atom is -0.383 e. The molecule has 1 saturated heterocycles. The molecule has 1 aliphatic heterocycles. The maximum atomic E-state index is 11.9. The summed E-state index contributed by atoms with van der Waals surface area (Å²) in [6.07, 6.45) is 2.07. The van der Waals surface area contributed by atoms with Crippen LogP contribution in [0.3, 0.4) is 0 Å². The number of ether oxygens (including phenoxy) is 1. The fourth-order valence-electron chi connectivity index (χ4n) is 1.85. The van der Waals surface area contributed by atoms with E-state index in [-0.39, 0.29) is 18.4 Å². The van der Waals surface area contributed by atoms with Gasteiger partial charge in [0.2, 0.25) is 11.8 Å². The van der Waals surface area contributed by atoms with E-state index in [1.165, 1.54) is 7.11 Å². The summed E-state index contributed by atoms with van der Waals surface area (Å²) < 4.78 is 4.79. The van der Waals surface area contributed by atoms with Gasteiger partial charge in [-0.15, -0.1) is 0 Å². The third-order valence-electron chi connectivity index (χ3n) is 2.83. The van der Waals surface area contributed by atoms with Gasteiger partial charge in [0, 0.05) is 20.2 Å². The first-order chi connectivity index (χ1) is 8.06. The lowest BCUT2D eigenvalue weighted by Gasteiger charge is -2.22. The van der Waals surface area contributed by atoms with Gasteiger partial charge in [-0.2, -0.15) is 0 Å². The lowest BCUT2D eigenvalue weighted by molar-refractivity contribution is -0.135. The molecule has 3 N–H and O–H groups in total.